The number of rotatable bonds is 24. The minimum absolute atomic E-state index is 0.0187. The third-order valence-electron chi connectivity index (χ3n) is 21.4. The van der Waals surface area contributed by atoms with Crippen LogP contribution in [0.2, 0.25) is 0 Å². The molecule has 44 heteroatoms. The molecule has 7 saturated carbocycles. The van der Waals surface area contributed by atoms with Gasteiger partial charge in [0.25, 0.3) is 0 Å². The van der Waals surface area contributed by atoms with Crippen LogP contribution < -0.4 is 48.3 Å². The Balaban J connectivity index is 0.000000732. The topological polar surface area (TPSA) is 477 Å². The van der Waals surface area contributed by atoms with Crippen LogP contribution in [0.3, 0.4) is 0 Å². The summed E-state index contributed by atoms with van der Waals surface area (Å²) in [6, 6.07) is 5.83. The Hall–Kier alpha value is -5.44. The average molecular weight is 1880 g/mol. The second-order valence-electron chi connectivity index (χ2n) is 32.9. The van der Waals surface area contributed by atoms with Crippen molar-refractivity contribution < 1.29 is 82.3 Å². The molecule has 21 atom stereocenters. The van der Waals surface area contributed by atoms with Gasteiger partial charge in [-0.05, 0) is 14.1 Å². The number of carboxylic acid groups (broad SMARTS) is 1. The van der Waals surface area contributed by atoms with E-state index >= 15 is 0 Å². The molecule has 0 radical (unpaired) electrons. The number of nitro groups is 1. The number of aliphatic hydroxyl groups excluding tert-OH is 2. The monoisotopic (exact) mass is 1880 g/mol. The molecule has 0 saturated heterocycles. The standard InChI is InChI=1S/C17H20N3O5P.C12H21N2O3P.C10H16N5OP.C10H18N3OP.2C10H17N2O2P.C10H16NO4P.C2H7N/c1-19(2)16(21)12-7-13(18-10-26)9-15(8-12)25-17(22)11-3-5-14(6-4-11)20(23)24;1-14(2)12(15)9-4-10(13-7-18)6-11(5-9)17-8-16-3;1-15(2)10(16)7-3-8(12-6-17)5-9(4-7)13-14-11;1-13(2)10(14)7-3-8(11)5-9(4-7)12-6-15;2*1-12(2)10(14)7-3-8(11-6-15)5-9(13)4-7;1-14-6-15-9-3-7(10(12)13)2-8(4-9)11-5-16;1-3-2/h3-6,12-13,15,18H,7-9H2,1-2H3;9-11,13H,4-6,8H2,1-3H3;7-9,12H,3-5H2,1-2H3;7-9,12H,3-5,11H2,1-2H3;2*7-9,11,13H,3-5H2,1-2H3;7-9,11H,2-4,6H2,1H3,(H,12,13);3H,1-2H3/t12-,13+,15+;9-,10+,11-;2*7-,8+,9-;7-,8+,9+;2*7-,8+,9-;/m1110111./s1. The SMILES string of the molecule is CN(C)C(=O)[C@@H]1C[C@H](NC#P)C[C@@H](OC(=O)c2ccc([N+](=O)[O-])cc2)C1.CN(C)C(=O)[C@H]1C[C@@H](N)C[C@@H](NC#P)C1.CN(C)C(=O)[C@H]1C[C@@H](N=[N+]=[N-])C[C@@H](NC#P)C1.CN(C)C(=O)[C@H]1C[C@@H](O)C[C@@H](NC#P)C1.CN(C)C(=O)[C@H]1C[C@H](O)C[C@@H](NC#P)C1.CNC.COCO[C@H]1C[C@@H](NC#P)C[C@@H](C(=O)N(C)C)C1.COCO[C@H]1C[C@@H](NC#P)C[C@@H](C(=O)O)C1. The van der Waals surface area contributed by atoms with Crippen molar-refractivity contribution >= 4 is 114 Å². The Morgan fingerprint density at radius 2 is 0.712 bits per heavy atom. The predicted octanol–water partition coefficient (Wildman–Crippen LogP) is 7.79. The number of ether oxygens (including phenoxy) is 5. The first-order valence-electron chi connectivity index (χ1n) is 41.1. The summed E-state index contributed by atoms with van der Waals surface area (Å²) >= 11 is 0. The van der Waals surface area contributed by atoms with E-state index in [1.807, 2.05) is 14.1 Å². The van der Waals surface area contributed by atoms with Crippen molar-refractivity contribution in [3.63, 3.8) is 0 Å². The Kier molecular flexibility index (Phi) is 62.1. The van der Waals surface area contributed by atoms with E-state index in [0.29, 0.717) is 64.2 Å². The first-order chi connectivity index (χ1) is 59.2. The summed E-state index contributed by atoms with van der Waals surface area (Å²) < 4.78 is 26.3. The number of benzene rings is 1. The van der Waals surface area contributed by atoms with Gasteiger partial charge in [-0.3, -0.25) is 10.1 Å². The van der Waals surface area contributed by atoms with Gasteiger partial charge >= 0.3 is 728 Å². The zero-order valence-electron chi connectivity index (χ0n) is 74.8. The van der Waals surface area contributed by atoms with Crippen molar-refractivity contribution in [1.82, 2.24) is 71.9 Å². The molecule has 6 amide bonds. The van der Waals surface area contributed by atoms with Crippen molar-refractivity contribution in [2.75, 3.05) is 126 Å². The van der Waals surface area contributed by atoms with Gasteiger partial charge in [0.2, 0.25) is 0 Å². The molecule has 7 aliphatic rings. The van der Waals surface area contributed by atoms with Crippen LogP contribution >= 0.6 is 60.9 Å². The predicted molar refractivity (Wildman–Crippen MR) is 489 cm³/mol. The van der Waals surface area contributed by atoms with Crippen LogP contribution in [0, 0.1) is 91.8 Å². The number of azide groups is 1. The van der Waals surface area contributed by atoms with E-state index in [1.54, 1.807) is 123 Å². The molecule has 0 aromatic heterocycles. The average Bonchev–Trinajstić information content (AvgIpc) is 0.844. The van der Waals surface area contributed by atoms with Gasteiger partial charge in [0.1, 0.15) is 0 Å². The normalized spacial score (nSPS) is 27.3. The quantitative estimate of drug-likeness (QED) is 0.00540. The Morgan fingerprint density at radius 1 is 0.440 bits per heavy atom. The molecule has 125 heavy (non-hydrogen) atoms. The second-order valence-corrected chi connectivity index (χ2v) is 34.4. The summed E-state index contributed by atoms with van der Waals surface area (Å²) in [4.78, 5) is 117. The molecular formula is C81H132N19O18P7. The van der Waals surface area contributed by atoms with E-state index in [2.05, 4.69) is 154 Å². The summed E-state index contributed by atoms with van der Waals surface area (Å²) in [5.74, 6) is 16.3. The summed E-state index contributed by atoms with van der Waals surface area (Å²) in [6.07, 6.45) is 12.9. The Bertz CT molecular complexity index is 3740. The fraction of sp³-hybridized carbons (Fsp3) is 0.741. The molecule has 694 valence electrons. The number of carbonyl (C=O) groups excluding carboxylic acids is 7. The molecule has 37 nitrogen and oxygen atoms in total. The van der Waals surface area contributed by atoms with E-state index in [4.69, 9.17) is 40.1 Å². The van der Waals surface area contributed by atoms with Gasteiger partial charge in [-0.2, -0.15) is 0 Å². The summed E-state index contributed by atoms with van der Waals surface area (Å²) in [5.41, 5.74) is 14.5. The van der Waals surface area contributed by atoms with Gasteiger partial charge in [-0.25, -0.2) is 0 Å². The van der Waals surface area contributed by atoms with Crippen LogP contribution in [-0.4, -0.2) is 308 Å². The van der Waals surface area contributed by atoms with Crippen LogP contribution in [-0.2, 0) is 57.2 Å². The first-order valence-corrected chi connectivity index (χ1v) is 44.2. The fourth-order valence-corrected chi connectivity index (χ4v) is 17.2. The third kappa shape index (κ3) is 47.3. The van der Waals surface area contributed by atoms with E-state index in [-0.39, 0.29) is 168 Å². The molecule has 13 N–H and O–H groups in total. The minimum atomic E-state index is -0.781. The van der Waals surface area contributed by atoms with Crippen LogP contribution in [0.4, 0.5) is 5.69 Å². The zero-order valence-corrected chi connectivity index (χ0v) is 81.1. The maximum absolute atomic E-state index is 12.3. The molecule has 0 spiro atoms. The number of aliphatic carboxylic acids is 1. The van der Waals surface area contributed by atoms with Crippen LogP contribution in [0.5, 0.6) is 0 Å². The molecule has 0 unspecified atom stereocenters. The van der Waals surface area contributed by atoms with Crippen LogP contribution in [0.15, 0.2) is 29.4 Å². The second kappa shape index (κ2) is 66.0. The molecule has 0 aliphatic heterocycles. The van der Waals surface area contributed by atoms with Crippen molar-refractivity contribution in [3.8, 4) is 40.3 Å². The fourth-order valence-electron chi connectivity index (χ4n) is 15.9. The maximum atomic E-state index is 12.3. The van der Waals surface area contributed by atoms with Crippen molar-refractivity contribution in [2.45, 2.75) is 220 Å². The van der Waals surface area contributed by atoms with E-state index in [9.17, 15) is 58.7 Å². The number of nitro benzene ring substituents is 1. The molecule has 1 aromatic rings. The van der Waals surface area contributed by atoms with Gasteiger partial charge in [-0.1, -0.05) is 0 Å². The molecule has 0 bridgehead atoms. The number of amides is 6. The third-order valence-corrected chi connectivity index (χ3v) is 22.3. The molecule has 1 aromatic carbocycles. The van der Waals surface area contributed by atoms with Gasteiger partial charge < -0.3 is 5.32 Å². The number of hydrogen-bond donors (Lipinski definition) is 12. The van der Waals surface area contributed by atoms with E-state index in [1.165, 1.54) is 29.2 Å². The van der Waals surface area contributed by atoms with Gasteiger partial charge in [0, 0.05) is 0 Å². The molecule has 7 fully saturated rings. The van der Waals surface area contributed by atoms with Crippen LogP contribution in [0.1, 0.15) is 145 Å². The van der Waals surface area contributed by atoms with Gasteiger partial charge in [0.15, 0.2) is 0 Å². The number of nitrogens with one attached hydrogen (secondary N) is 8. The number of non-ortho nitro benzene ring substituents is 1. The Morgan fingerprint density at radius 3 is 1.02 bits per heavy atom. The molecular weight excluding hydrogens is 1740 g/mol. The Labute approximate surface area is 753 Å². The molecule has 0 heterocycles. The summed E-state index contributed by atoms with van der Waals surface area (Å²) in [7, 11) is 54.9. The summed E-state index contributed by atoms with van der Waals surface area (Å²) in [6.45, 7) is 0.451. The number of carbonyl (C=O) groups is 8. The molecule has 8 rings (SSSR count). The first kappa shape index (κ1) is 118. The van der Waals surface area contributed by atoms with Crippen molar-refractivity contribution in [1.29, 1.82) is 0 Å². The zero-order chi connectivity index (χ0) is 94.6. The number of aliphatic hydroxyl groups is 2. The van der Waals surface area contributed by atoms with Crippen LogP contribution in [0.25, 0.3) is 10.4 Å². The van der Waals surface area contributed by atoms with Crippen molar-refractivity contribution in [2.24, 2.45) is 52.3 Å². The summed E-state index contributed by atoms with van der Waals surface area (Å²) in [5, 5.41) is 66.2. The van der Waals surface area contributed by atoms with Gasteiger partial charge in [-0.15, -0.1) is 0 Å². The molecule has 7 aliphatic carbocycles. The number of nitrogens with zero attached hydrogens (tertiary/aromatic N) is 10. The number of nitrogens with two attached hydrogens (primary N) is 1. The number of methoxy groups -OCH3 is 2. The number of carboxylic acids is 1. The number of esters is 1. The number of hydrogen-bond acceptors (Lipinski definition) is 27. The van der Waals surface area contributed by atoms with E-state index < -0.39 is 35.2 Å². The van der Waals surface area contributed by atoms with Gasteiger partial charge in [0.05, 0.1) is 0 Å². The van der Waals surface area contributed by atoms with E-state index in [0.717, 1.165) is 70.6 Å². The van der Waals surface area contributed by atoms with Crippen molar-refractivity contribution in [3.05, 3.63) is 50.4 Å².